The first kappa shape index (κ1) is 7.79. The molecule has 1 aliphatic rings. The maximum absolute atomic E-state index is 3.43. The van der Waals surface area contributed by atoms with E-state index >= 15 is 0 Å². The van der Waals surface area contributed by atoms with Crippen LogP contribution in [0.4, 0.5) is 0 Å². The molecule has 0 aromatic rings. The van der Waals surface area contributed by atoms with Crippen molar-refractivity contribution in [3.63, 3.8) is 0 Å². The molecule has 0 heterocycles. The average Bonchev–Trinajstić information content (AvgIpc) is 1.80. The van der Waals surface area contributed by atoms with Gasteiger partial charge in [-0.2, -0.15) is 0 Å². The van der Waals surface area contributed by atoms with E-state index in [0.717, 1.165) is 0 Å². The van der Waals surface area contributed by atoms with Gasteiger partial charge in [0.1, 0.15) is 0 Å². The van der Waals surface area contributed by atoms with Crippen LogP contribution >= 0.6 is 38.5 Å². The summed E-state index contributed by atoms with van der Waals surface area (Å²) in [4.78, 5) is 0. The van der Waals surface area contributed by atoms with Crippen LogP contribution in [0.15, 0.2) is 22.7 Å². The molecule has 0 aromatic heterocycles. The molecule has 2 heteroatoms. The van der Waals surface area contributed by atoms with Crippen molar-refractivity contribution >= 4 is 38.5 Å². The summed E-state index contributed by atoms with van der Waals surface area (Å²) in [6.45, 7) is 2.22. The van der Waals surface area contributed by atoms with E-state index in [-0.39, 0.29) is 0 Å². The van der Waals surface area contributed by atoms with Crippen LogP contribution in [0, 0.1) is 5.92 Å². The molecule has 2 atom stereocenters. The first-order valence-corrected chi connectivity index (χ1v) is 4.93. The molecule has 1 rings (SSSR count). The summed E-state index contributed by atoms with van der Waals surface area (Å²) >= 11 is 5.87. The molecule has 0 spiro atoms. The van der Waals surface area contributed by atoms with Crippen LogP contribution in [0.25, 0.3) is 0 Å². The van der Waals surface area contributed by atoms with Crippen molar-refractivity contribution in [3.05, 3.63) is 22.7 Å². The van der Waals surface area contributed by atoms with E-state index in [2.05, 4.69) is 63.7 Å². The lowest BCUT2D eigenvalue weighted by Gasteiger charge is -2.14. The molecular weight excluding hydrogens is 291 g/mol. The Kier molecular flexibility index (Phi) is 2.76. The SMILES string of the molecule is CC1C=C(Br)C=CC1I. The average molecular weight is 299 g/mol. The lowest BCUT2D eigenvalue weighted by atomic mass is 10.0. The number of halogens is 2. The van der Waals surface area contributed by atoms with E-state index in [9.17, 15) is 0 Å². The number of hydrogen-bond acceptors (Lipinski definition) is 0. The summed E-state index contributed by atoms with van der Waals surface area (Å²) in [5, 5.41) is 0. The van der Waals surface area contributed by atoms with Gasteiger partial charge in [0.2, 0.25) is 0 Å². The van der Waals surface area contributed by atoms with Crippen molar-refractivity contribution in [1.82, 2.24) is 0 Å². The Morgan fingerprint density at radius 3 is 2.78 bits per heavy atom. The van der Waals surface area contributed by atoms with Gasteiger partial charge < -0.3 is 0 Å². The number of hydrogen-bond donors (Lipinski definition) is 0. The van der Waals surface area contributed by atoms with Gasteiger partial charge in [-0.1, -0.05) is 63.7 Å². The Labute approximate surface area is 77.7 Å². The number of rotatable bonds is 0. The van der Waals surface area contributed by atoms with Crippen molar-refractivity contribution in [2.24, 2.45) is 5.92 Å². The molecule has 1 aliphatic carbocycles. The maximum atomic E-state index is 3.43. The number of allylic oxidation sites excluding steroid dienone is 4. The van der Waals surface area contributed by atoms with Gasteiger partial charge in [-0.3, -0.25) is 0 Å². The zero-order valence-corrected chi connectivity index (χ0v) is 8.89. The van der Waals surface area contributed by atoms with Gasteiger partial charge in [0, 0.05) is 8.41 Å². The third-order valence-corrected chi connectivity index (χ3v) is 3.44. The summed E-state index contributed by atoms with van der Waals surface area (Å²) in [5.74, 6) is 0.671. The highest BCUT2D eigenvalue weighted by Crippen LogP contribution is 2.25. The second kappa shape index (κ2) is 3.19. The number of alkyl halides is 1. The molecule has 0 saturated carbocycles. The fourth-order valence-electron chi connectivity index (χ4n) is 0.758. The predicted molar refractivity (Wildman–Crippen MR) is 53.1 cm³/mol. The van der Waals surface area contributed by atoms with Gasteiger partial charge in [-0.25, -0.2) is 0 Å². The van der Waals surface area contributed by atoms with Gasteiger partial charge in [0.05, 0.1) is 0 Å². The van der Waals surface area contributed by atoms with Crippen molar-refractivity contribution in [1.29, 1.82) is 0 Å². The van der Waals surface area contributed by atoms with Gasteiger partial charge in [0.25, 0.3) is 0 Å². The van der Waals surface area contributed by atoms with Crippen molar-refractivity contribution < 1.29 is 0 Å². The summed E-state index contributed by atoms with van der Waals surface area (Å²) < 4.78 is 1.88. The van der Waals surface area contributed by atoms with E-state index in [1.807, 2.05) is 0 Å². The Morgan fingerprint density at radius 2 is 2.33 bits per heavy atom. The Morgan fingerprint density at radius 1 is 1.67 bits per heavy atom. The lowest BCUT2D eigenvalue weighted by molar-refractivity contribution is 0.771. The van der Waals surface area contributed by atoms with Gasteiger partial charge >= 0.3 is 0 Å². The zero-order valence-electron chi connectivity index (χ0n) is 5.14. The molecule has 0 fully saturated rings. The molecule has 2 unspecified atom stereocenters. The van der Waals surface area contributed by atoms with Crippen LogP contribution in [0.1, 0.15) is 6.92 Å². The van der Waals surface area contributed by atoms with Crippen LogP contribution in [0.3, 0.4) is 0 Å². The van der Waals surface area contributed by atoms with Crippen LogP contribution in [0.5, 0.6) is 0 Å². The highest BCUT2D eigenvalue weighted by molar-refractivity contribution is 14.1. The lowest BCUT2D eigenvalue weighted by Crippen LogP contribution is -2.07. The molecule has 9 heavy (non-hydrogen) atoms. The second-order valence-electron chi connectivity index (χ2n) is 2.21. The van der Waals surface area contributed by atoms with E-state index in [1.54, 1.807) is 0 Å². The van der Waals surface area contributed by atoms with Crippen LogP contribution in [0.2, 0.25) is 0 Å². The molecule has 0 nitrogen and oxygen atoms in total. The normalized spacial score (nSPS) is 34.3. The van der Waals surface area contributed by atoms with Crippen molar-refractivity contribution in [2.75, 3.05) is 0 Å². The minimum atomic E-state index is 0.670. The van der Waals surface area contributed by atoms with Crippen molar-refractivity contribution in [3.8, 4) is 0 Å². The fraction of sp³-hybridized carbons (Fsp3) is 0.429. The minimum absolute atomic E-state index is 0.670. The standard InChI is InChI=1S/C7H8BrI/c1-5-4-6(8)2-3-7(5)9/h2-5,7H,1H3. The summed E-state index contributed by atoms with van der Waals surface area (Å²) in [6, 6.07) is 0. The third-order valence-electron chi connectivity index (χ3n) is 1.36. The smallest absolute Gasteiger partial charge is 0.0353 e. The minimum Gasteiger partial charge on any atom is -0.0774 e. The highest BCUT2D eigenvalue weighted by atomic mass is 127. The molecule has 0 radical (unpaired) electrons. The van der Waals surface area contributed by atoms with Crippen LogP contribution < -0.4 is 0 Å². The zero-order chi connectivity index (χ0) is 6.85. The predicted octanol–water partition coefficient (Wildman–Crippen LogP) is 3.27. The molecular formula is C7H8BrI. The second-order valence-corrected chi connectivity index (χ2v) is 4.57. The van der Waals surface area contributed by atoms with Gasteiger partial charge in [-0.05, 0) is 5.92 Å². The third kappa shape index (κ3) is 2.08. The summed E-state index contributed by atoms with van der Waals surface area (Å²) in [6.07, 6.45) is 6.56. The fourth-order valence-corrected chi connectivity index (χ4v) is 1.74. The summed E-state index contributed by atoms with van der Waals surface area (Å²) in [7, 11) is 0. The topological polar surface area (TPSA) is 0 Å². The van der Waals surface area contributed by atoms with E-state index < -0.39 is 0 Å². The van der Waals surface area contributed by atoms with Gasteiger partial charge in [0.15, 0.2) is 0 Å². The van der Waals surface area contributed by atoms with Gasteiger partial charge in [-0.15, -0.1) is 0 Å². The molecule has 0 aromatic carbocycles. The Hall–Kier alpha value is 0.690. The van der Waals surface area contributed by atoms with E-state index in [0.29, 0.717) is 9.84 Å². The summed E-state index contributed by atoms with van der Waals surface area (Å²) in [5.41, 5.74) is 0. The van der Waals surface area contributed by atoms with E-state index in [4.69, 9.17) is 0 Å². The quantitative estimate of drug-likeness (QED) is 0.476. The monoisotopic (exact) mass is 298 g/mol. The van der Waals surface area contributed by atoms with Crippen molar-refractivity contribution in [2.45, 2.75) is 10.8 Å². The van der Waals surface area contributed by atoms with Crippen LogP contribution in [-0.4, -0.2) is 3.92 Å². The molecule has 50 valence electrons. The molecule has 0 N–H and O–H groups in total. The maximum Gasteiger partial charge on any atom is 0.0353 e. The Balaban J connectivity index is 2.70. The molecule has 0 bridgehead atoms. The molecule has 0 amide bonds. The largest absolute Gasteiger partial charge is 0.0774 e. The molecule has 0 saturated heterocycles. The van der Waals surface area contributed by atoms with Crippen LogP contribution in [-0.2, 0) is 0 Å². The highest BCUT2D eigenvalue weighted by Gasteiger charge is 2.11. The Bertz CT molecular complexity index is 160. The van der Waals surface area contributed by atoms with E-state index in [1.165, 1.54) is 4.48 Å². The first-order chi connectivity index (χ1) is 4.20. The molecule has 0 aliphatic heterocycles. The first-order valence-electron chi connectivity index (χ1n) is 2.90.